The minimum atomic E-state index is 0.167. The standard InChI is InChI=1S/C15H23Cl/c1-14(2,3)12-7-8-13(15(4,5)6)11(9-12)10-16/h7-9H,10H2,1-6H3. The summed E-state index contributed by atoms with van der Waals surface area (Å²) in [5.41, 5.74) is 4.34. The summed E-state index contributed by atoms with van der Waals surface area (Å²) < 4.78 is 0. The normalized spacial score (nSPS) is 12.9. The molecule has 0 radical (unpaired) electrons. The van der Waals surface area contributed by atoms with Crippen LogP contribution < -0.4 is 0 Å². The molecule has 0 N–H and O–H groups in total. The molecule has 0 atom stereocenters. The van der Waals surface area contributed by atoms with Crippen molar-refractivity contribution in [2.45, 2.75) is 58.3 Å². The predicted octanol–water partition coefficient (Wildman–Crippen LogP) is 5.02. The first-order valence-electron chi connectivity index (χ1n) is 5.86. The summed E-state index contributed by atoms with van der Waals surface area (Å²) in [6.07, 6.45) is 0. The van der Waals surface area contributed by atoms with Crippen molar-refractivity contribution >= 4 is 11.6 Å². The second-order valence-electron chi connectivity index (χ2n) is 6.51. The zero-order chi connectivity index (χ0) is 12.6. The molecule has 0 bridgehead atoms. The van der Waals surface area contributed by atoms with E-state index in [1.165, 1.54) is 16.7 Å². The fourth-order valence-electron chi connectivity index (χ4n) is 1.90. The lowest BCUT2D eigenvalue weighted by molar-refractivity contribution is 0.572. The third-order valence-electron chi connectivity index (χ3n) is 2.92. The first-order chi connectivity index (χ1) is 7.16. The van der Waals surface area contributed by atoms with Crippen LogP contribution >= 0.6 is 11.6 Å². The van der Waals surface area contributed by atoms with Crippen molar-refractivity contribution in [3.63, 3.8) is 0 Å². The molecule has 1 aromatic carbocycles. The number of hydrogen-bond acceptors (Lipinski definition) is 0. The van der Waals surface area contributed by atoms with Gasteiger partial charge in [0, 0.05) is 5.88 Å². The summed E-state index contributed by atoms with van der Waals surface area (Å²) in [5, 5.41) is 0. The molecule has 0 nitrogen and oxygen atoms in total. The summed E-state index contributed by atoms with van der Waals surface area (Å²) in [5.74, 6) is 0.594. The summed E-state index contributed by atoms with van der Waals surface area (Å²) >= 11 is 6.06. The van der Waals surface area contributed by atoms with Gasteiger partial charge in [-0.25, -0.2) is 0 Å². The van der Waals surface area contributed by atoms with Crippen LogP contribution in [0.4, 0.5) is 0 Å². The molecule has 0 heterocycles. The fraction of sp³-hybridized carbons (Fsp3) is 0.600. The fourth-order valence-corrected chi connectivity index (χ4v) is 2.12. The molecular formula is C15H23Cl. The van der Waals surface area contributed by atoms with Gasteiger partial charge < -0.3 is 0 Å². The van der Waals surface area contributed by atoms with Gasteiger partial charge in [-0.3, -0.25) is 0 Å². The minimum Gasteiger partial charge on any atom is -0.122 e. The first kappa shape index (κ1) is 13.6. The smallest absolute Gasteiger partial charge is 0.0477 e. The zero-order valence-corrected chi connectivity index (χ0v) is 12.1. The zero-order valence-electron chi connectivity index (χ0n) is 11.3. The van der Waals surface area contributed by atoms with E-state index in [1.54, 1.807) is 0 Å². The molecule has 0 aliphatic rings. The number of halogens is 1. The lowest BCUT2D eigenvalue weighted by Crippen LogP contribution is -2.17. The van der Waals surface area contributed by atoms with Crippen molar-refractivity contribution in [3.05, 3.63) is 34.9 Å². The second-order valence-corrected chi connectivity index (χ2v) is 6.77. The van der Waals surface area contributed by atoms with Gasteiger partial charge >= 0.3 is 0 Å². The van der Waals surface area contributed by atoms with Crippen molar-refractivity contribution in [2.75, 3.05) is 0 Å². The van der Waals surface area contributed by atoms with Crippen LogP contribution in [0, 0.1) is 0 Å². The van der Waals surface area contributed by atoms with Gasteiger partial charge in [-0.2, -0.15) is 0 Å². The Labute approximate surface area is 105 Å². The predicted molar refractivity (Wildman–Crippen MR) is 73.4 cm³/mol. The van der Waals surface area contributed by atoms with E-state index in [-0.39, 0.29) is 10.8 Å². The lowest BCUT2D eigenvalue weighted by Gasteiger charge is -2.26. The Morgan fingerprint density at radius 2 is 1.50 bits per heavy atom. The Bertz CT molecular complexity index is 364. The Balaban J connectivity index is 3.28. The molecule has 0 fully saturated rings. The average molecular weight is 239 g/mol. The number of benzene rings is 1. The van der Waals surface area contributed by atoms with E-state index in [4.69, 9.17) is 11.6 Å². The maximum Gasteiger partial charge on any atom is 0.0477 e. The van der Waals surface area contributed by atoms with E-state index in [0.717, 1.165) is 0 Å². The molecule has 0 aromatic heterocycles. The van der Waals surface area contributed by atoms with Crippen LogP contribution in [0.1, 0.15) is 58.2 Å². The molecule has 0 amide bonds. The number of alkyl halides is 1. The quantitative estimate of drug-likeness (QED) is 0.603. The van der Waals surface area contributed by atoms with Crippen molar-refractivity contribution in [2.24, 2.45) is 0 Å². The number of hydrogen-bond donors (Lipinski definition) is 0. The Hall–Kier alpha value is -0.490. The lowest BCUT2D eigenvalue weighted by atomic mass is 9.80. The maximum atomic E-state index is 6.06. The molecule has 0 aliphatic carbocycles. The average Bonchev–Trinajstić information content (AvgIpc) is 2.14. The number of rotatable bonds is 1. The highest BCUT2D eigenvalue weighted by Gasteiger charge is 2.20. The first-order valence-corrected chi connectivity index (χ1v) is 6.39. The maximum absolute atomic E-state index is 6.06. The molecule has 0 saturated carbocycles. The van der Waals surface area contributed by atoms with E-state index in [2.05, 4.69) is 59.7 Å². The van der Waals surface area contributed by atoms with Gasteiger partial charge in [0.2, 0.25) is 0 Å². The molecule has 0 spiro atoms. The van der Waals surface area contributed by atoms with Crippen molar-refractivity contribution < 1.29 is 0 Å². The molecule has 1 aromatic rings. The van der Waals surface area contributed by atoms with Crippen LogP contribution in [-0.2, 0) is 16.7 Å². The Morgan fingerprint density at radius 3 is 1.88 bits per heavy atom. The van der Waals surface area contributed by atoms with E-state index in [0.29, 0.717) is 5.88 Å². The van der Waals surface area contributed by atoms with Gasteiger partial charge in [0.25, 0.3) is 0 Å². The van der Waals surface area contributed by atoms with Crippen molar-refractivity contribution in [1.29, 1.82) is 0 Å². The molecule has 16 heavy (non-hydrogen) atoms. The highest BCUT2D eigenvalue weighted by atomic mass is 35.5. The van der Waals surface area contributed by atoms with Crippen LogP contribution in [0.3, 0.4) is 0 Å². The summed E-state index contributed by atoms with van der Waals surface area (Å²) in [6.45, 7) is 13.4. The monoisotopic (exact) mass is 238 g/mol. The van der Waals surface area contributed by atoms with E-state index < -0.39 is 0 Å². The summed E-state index contributed by atoms with van der Waals surface area (Å²) in [6, 6.07) is 6.72. The molecular weight excluding hydrogens is 216 g/mol. The highest BCUT2D eigenvalue weighted by molar-refractivity contribution is 6.17. The third-order valence-corrected chi connectivity index (χ3v) is 3.21. The van der Waals surface area contributed by atoms with Gasteiger partial charge in [-0.15, -0.1) is 11.6 Å². The van der Waals surface area contributed by atoms with Crippen LogP contribution in [0.5, 0.6) is 0 Å². The topological polar surface area (TPSA) is 0 Å². The molecule has 0 unspecified atom stereocenters. The molecule has 1 rings (SSSR count). The van der Waals surface area contributed by atoms with E-state index in [9.17, 15) is 0 Å². The van der Waals surface area contributed by atoms with Crippen LogP contribution in [0.25, 0.3) is 0 Å². The molecule has 0 aliphatic heterocycles. The summed E-state index contributed by atoms with van der Waals surface area (Å²) in [7, 11) is 0. The van der Waals surface area contributed by atoms with Gasteiger partial charge in [-0.05, 0) is 27.5 Å². The SMILES string of the molecule is CC(C)(C)c1ccc(C(C)(C)C)c(CCl)c1. The van der Waals surface area contributed by atoms with Gasteiger partial charge in [0.05, 0.1) is 0 Å². The van der Waals surface area contributed by atoms with Crippen molar-refractivity contribution in [1.82, 2.24) is 0 Å². The minimum absolute atomic E-state index is 0.167. The van der Waals surface area contributed by atoms with Gasteiger partial charge in [0.15, 0.2) is 0 Å². The van der Waals surface area contributed by atoms with Gasteiger partial charge in [0.1, 0.15) is 0 Å². The Morgan fingerprint density at radius 1 is 0.938 bits per heavy atom. The summed E-state index contributed by atoms with van der Waals surface area (Å²) in [4.78, 5) is 0. The third kappa shape index (κ3) is 3.01. The van der Waals surface area contributed by atoms with Gasteiger partial charge in [-0.1, -0.05) is 59.7 Å². The molecule has 1 heteroatoms. The molecule has 0 saturated heterocycles. The van der Waals surface area contributed by atoms with Crippen LogP contribution in [-0.4, -0.2) is 0 Å². The van der Waals surface area contributed by atoms with Crippen LogP contribution in [0.15, 0.2) is 18.2 Å². The largest absolute Gasteiger partial charge is 0.122 e. The van der Waals surface area contributed by atoms with E-state index >= 15 is 0 Å². The Kier molecular flexibility index (Phi) is 3.74. The molecule has 90 valence electrons. The highest BCUT2D eigenvalue weighted by Crippen LogP contribution is 2.31. The second kappa shape index (κ2) is 4.41. The van der Waals surface area contributed by atoms with Crippen LogP contribution in [0.2, 0.25) is 0 Å². The van der Waals surface area contributed by atoms with E-state index in [1.807, 2.05) is 0 Å². The van der Waals surface area contributed by atoms with Crippen molar-refractivity contribution in [3.8, 4) is 0 Å².